The number of rotatable bonds is 7. The topological polar surface area (TPSA) is 87.3 Å². The van der Waals surface area contributed by atoms with Crippen LogP contribution in [0.5, 0.6) is 0 Å². The van der Waals surface area contributed by atoms with Gasteiger partial charge in [0.25, 0.3) is 5.91 Å². The van der Waals surface area contributed by atoms with Crippen LogP contribution in [0.2, 0.25) is 0 Å². The number of benzene rings is 1. The molecule has 0 aliphatic carbocycles. The Morgan fingerprint density at radius 2 is 1.95 bits per heavy atom. The maximum atomic E-state index is 11.9. The number of hydrogen-bond donors (Lipinski definition) is 3. The summed E-state index contributed by atoms with van der Waals surface area (Å²) in [6.45, 7) is 4.92. The van der Waals surface area contributed by atoms with Gasteiger partial charge in [0.05, 0.1) is 10.5 Å². The Kier molecular flexibility index (Phi) is 6.17. The van der Waals surface area contributed by atoms with Gasteiger partial charge in [0.1, 0.15) is 0 Å². The third-order valence-electron chi connectivity index (χ3n) is 3.38. The largest absolute Gasteiger partial charge is 0.384 e. The van der Waals surface area contributed by atoms with Gasteiger partial charge in [0.15, 0.2) is 0 Å². The van der Waals surface area contributed by atoms with Crippen molar-refractivity contribution in [1.82, 2.24) is 10.0 Å². The second-order valence-electron chi connectivity index (χ2n) is 4.89. The first-order chi connectivity index (χ1) is 9.85. The predicted molar refractivity (Wildman–Crippen MR) is 84.0 cm³/mol. The molecule has 1 aromatic carbocycles. The Morgan fingerprint density at radius 3 is 2.48 bits per heavy atom. The van der Waals surface area contributed by atoms with Gasteiger partial charge in [-0.15, -0.1) is 0 Å². The van der Waals surface area contributed by atoms with Crippen molar-refractivity contribution in [3.8, 4) is 0 Å². The van der Waals surface area contributed by atoms with E-state index in [1.807, 2.05) is 0 Å². The van der Waals surface area contributed by atoms with Crippen LogP contribution < -0.4 is 15.4 Å². The molecule has 0 aromatic heterocycles. The molecule has 1 atom stereocenters. The summed E-state index contributed by atoms with van der Waals surface area (Å²) >= 11 is 0. The summed E-state index contributed by atoms with van der Waals surface area (Å²) in [5.41, 5.74) is 0.946. The van der Waals surface area contributed by atoms with Crippen LogP contribution in [0.1, 0.15) is 30.6 Å². The van der Waals surface area contributed by atoms with Crippen molar-refractivity contribution >= 4 is 21.6 Å². The molecule has 0 bridgehead atoms. The van der Waals surface area contributed by atoms with E-state index in [4.69, 9.17) is 0 Å². The Labute approximate surface area is 126 Å². The molecule has 0 saturated heterocycles. The Morgan fingerprint density at radius 1 is 1.29 bits per heavy atom. The first-order valence-electron chi connectivity index (χ1n) is 6.89. The molecule has 1 aromatic rings. The van der Waals surface area contributed by atoms with Gasteiger partial charge in [-0.2, -0.15) is 0 Å². The average Bonchev–Trinajstić information content (AvgIpc) is 2.51. The van der Waals surface area contributed by atoms with E-state index < -0.39 is 10.0 Å². The molecule has 0 aliphatic heterocycles. The van der Waals surface area contributed by atoms with Gasteiger partial charge in [-0.25, -0.2) is 13.1 Å². The molecule has 3 N–H and O–H groups in total. The standard InChI is InChI=1S/C14H23N3O3S/c1-5-10(2)9-17-13-7-6-11(21(19,20)16-4)8-12(13)14(18)15-3/h6-8,10,16-17H,5,9H2,1-4H3,(H,15,18). The number of nitrogens with one attached hydrogen (secondary N) is 3. The number of carbonyl (C=O) groups excluding carboxylic acids is 1. The molecule has 6 nitrogen and oxygen atoms in total. The molecule has 1 unspecified atom stereocenters. The monoisotopic (exact) mass is 313 g/mol. The summed E-state index contributed by atoms with van der Waals surface area (Å²) in [6, 6.07) is 4.48. The fraction of sp³-hybridized carbons (Fsp3) is 0.500. The lowest BCUT2D eigenvalue weighted by molar-refractivity contribution is 0.0963. The molecule has 0 heterocycles. The molecular formula is C14H23N3O3S. The fourth-order valence-corrected chi connectivity index (χ4v) is 2.47. The maximum Gasteiger partial charge on any atom is 0.253 e. The zero-order valence-corrected chi connectivity index (χ0v) is 13.7. The summed E-state index contributed by atoms with van der Waals surface area (Å²) in [6.07, 6.45) is 1.02. The first-order valence-corrected chi connectivity index (χ1v) is 8.37. The van der Waals surface area contributed by atoms with E-state index in [2.05, 4.69) is 29.2 Å². The Bertz CT molecular complexity index is 599. The summed E-state index contributed by atoms with van der Waals surface area (Å²) < 4.78 is 25.9. The van der Waals surface area contributed by atoms with Gasteiger partial charge in [0, 0.05) is 19.3 Å². The van der Waals surface area contributed by atoms with E-state index in [-0.39, 0.29) is 10.8 Å². The molecule has 0 radical (unpaired) electrons. The molecular weight excluding hydrogens is 290 g/mol. The number of amides is 1. The predicted octanol–water partition coefficient (Wildman–Crippen LogP) is 1.41. The van der Waals surface area contributed by atoms with Crippen molar-refractivity contribution in [3.63, 3.8) is 0 Å². The Hall–Kier alpha value is -1.60. The minimum absolute atomic E-state index is 0.0673. The quantitative estimate of drug-likeness (QED) is 0.710. The van der Waals surface area contributed by atoms with Gasteiger partial charge in [-0.05, 0) is 31.2 Å². The van der Waals surface area contributed by atoms with Crippen molar-refractivity contribution < 1.29 is 13.2 Å². The molecule has 21 heavy (non-hydrogen) atoms. The first kappa shape index (κ1) is 17.5. The highest BCUT2D eigenvalue weighted by Crippen LogP contribution is 2.21. The zero-order chi connectivity index (χ0) is 16.0. The van der Waals surface area contributed by atoms with Crippen LogP contribution in [-0.2, 0) is 10.0 Å². The third-order valence-corrected chi connectivity index (χ3v) is 4.79. The fourth-order valence-electron chi connectivity index (χ4n) is 1.71. The second kappa shape index (κ2) is 7.42. The van der Waals surface area contributed by atoms with E-state index in [1.165, 1.54) is 26.2 Å². The highest BCUT2D eigenvalue weighted by atomic mass is 32.2. The van der Waals surface area contributed by atoms with Gasteiger partial charge < -0.3 is 10.6 Å². The van der Waals surface area contributed by atoms with Crippen LogP contribution in [0.3, 0.4) is 0 Å². The van der Waals surface area contributed by atoms with Crippen LogP contribution in [0.15, 0.2) is 23.1 Å². The van der Waals surface area contributed by atoms with E-state index in [0.29, 0.717) is 17.2 Å². The lowest BCUT2D eigenvalue weighted by atomic mass is 10.1. The Balaban J connectivity index is 3.17. The molecule has 0 spiro atoms. The van der Waals surface area contributed by atoms with E-state index in [9.17, 15) is 13.2 Å². The summed E-state index contributed by atoms with van der Waals surface area (Å²) in [4.78, 5) is 12.0. The summed E-state index contributed by atoms with van der Waals surface area (Å²) in [5.74, 6) is 0.137. The maximum absolute atomic E-state index is 11.9. The zero-order valence-electron chi connectivity index (χ0n) is 12.9. The van der Waals surface area contributed by atoms with Crippen molar-refractivity contribution in [2.24, 2.45) is 5.92 Å². The van der Waals surface area contributed by atoms with Gasteiger partial charge >= 0.3 is 0 Å². The van der Waals surface area contributed by atoms with Crippen LogP contribution in [0.25, 0.3) is 0 Å². The van der Waals surface area contributed by atoms with E-state index in [1.54, 1.807) is 6.07 Å². The molecule has 118 valence electrons. The van der Waals surface area contributed by atoms with Crippen LogP contribution in [0, 0.1) is 5.92 Å². The SMILES string of the molecule is CCC(C)CNc1ccc(S(=O)(=O)NC)cc1C(=O)NC. The van der Waals surface area contributed by atoms with E-state index in [0.717, 1.165) is 13.0 Å². The van der Waals surface area contributed by atoms with Gasteiger partial charge in [0.2, 0.25) is 10.0 Å². The van der Waals surface area contributed by atoms with Crippen LogP contribution in [-0.4, -0.2) is 35.0 Å². The number of carbonyl (C=O) groups is 1. The van der Waals surface area contributed by atoms with Crippen molar-refractivity contribution in [2.45, 2.75) is 25.2 Å². The van der Waals surface area contributed by atoms with Crippen molar-refractivity contribution in [2.75, 3.05) is 26.0 Å². The molecule has 0 saturated carbocycles. The van der Waals surface area contributed by atoms with Crippen molar-refractivity contribution in [1.29, 1.82) is 0 Å². The lowest BCUT2D eigenvalue weighted by Gasteiger charge is -2.15. The third kappa shape index (κ3) is 4.44. The molecule has 0 aliphatic rings. The minimum Gasteiger partial charge on any atom is -0.384 e. The minimum atomic E-state index is -3.57. The van der Waals surface area contributed by atoms with Gasteiger partial charge in [-0.3, -0.25) is 4.79 Å². The van der Waals surface area contributed by atoms with Crippen molar-refractivity contribution in [3.05, 3.63) is 23.8 Å². The molecule has 1 rings (SSSR count). The molecule has 7 heteroatoms. The molecule has 0 fully saturated rings. The highest BCUT2D eigenvalue weighted by molar-refractivity contribution is 7.89. The van der Waals surface area contributed by atoms with Crippen LogP contribution >= 0.6 is 0 Å². The number of sulfonamides is 1. The number of anilines is 1. The number of hydrogen-bond acceptors (Lipinski definition) is 4. The second-order valence-corrected chi connectivity index (χ2v) is 6.77. The lowest BCUT2D eigenvalue weighted by Crippen LogP contribution is -2.23. The highest BCUT2D eigenvalue weighted by Gasteiger charge is 2.17. The normalized spacial score (nSPS) is 12.8. The summed E-state index contributed by atoms with van der Waals surface area (Å²) in [5, 5.41) is 5.73. The van der Waals surface area contributed by atoms with Crippen LogP contribution in [0.4, 0.5) is 5.69 Å². The van der Waals surface area contributed by atoms with E-state index >= 15 is 0 Å². The smallest absolute Gasteiger partial charge is 0.253 e. The van der Waals surface area contributed by atoms with Gasteiger partial charge in [-0.1, -0.05) is 20.3 Å². The summed E-state index contributed by atoms with van der Waals surface area (Å²) in [7, 11) is -0.722. The molecule has 1 amide bonds. The average molecular weight is 313 g/mol.